The summed E-state index contributed by atoms with van der Waals surface area (Å²) in [5.74, 6) is -0.362. The standard InChI is InChI=1S/C18H22N4O2S/c23-16-4-3-15(17(24)20-16)22-7-10-5-13(1-2-14(10)18(22)25)21-8-11-6-12(9-21)19-11/h1-2,5,11-12,15,18-19,25H,3-4,6-9H2,(H,20,23,24). The van der Waals surface area contributed by atoms with Gasteiger partial charge in [-0.1, -0.05) is 6.07 Å². The number of imide groups is 1. The zero-order valence-corrected chi connectivity index (χ0v) is 14.8. The van der Waals surface area contributed by atoms with Gasteiger partial charge in [-0.05, 0) is 36.1 Å². The molecular formula is C18H22N4O2S. The van der Waals surface area contributed by atoms with Crippen molar-refractivity contribution in [2.45, 2.75) is 49.3 Å². The molecule has 4 atom stereocenters. The molecule has 132 valence electrons. The summed E-state index contributed by atoms with van der Waals surface area (Å²) in [6.07, 6.45) is 2.27. The number of fused-ring (bicyclic) bond motifs is 3. The largest absolute Gasteiger partial charge is 0.368 e. The molecule has 1 aromatic carbocycles. The van der Waals surface area contributed by atoms with Crippen molar-refractivity contribution >= 4 is 30.1 Å². The highest BCUT2D eigenvalue weighted by Gasteiger charge is 2.40. The lowest BCUT2D eigenvalue weighted by atomic mass is 9.91. The Morgan fingerprint density at radius 3 is 2.64 bits per heavy atom. The van der Waals surface area contributed by atoms with Crippen LogP contribution in [0.5, 0.6) is 0 Å². The third-order valence-corrected chi connectivity index (χ3v) is 6.54. The van der Waals surface area contributed by atoms with E-state index in [0.717, 1.165) is 13.1 Å². The van der Waals surface area contributed by atoms with Gasteiger partial charge in [-0.2, -0.15) is 12.6 Å². The van der Waals surface area contributed by atoms with Gasteiger partial charge in [0.1, 0.15) is 0 Å². The van der Waals surface area contributed by atoms with Crippen LogP contribution in [-0.2, 0) is 16.1 Å². The summed E-state index contributed by atoms with van der Waals surface area (Å²) in [5, 5.41) is 5.93. The first-order chi connectivity index (χ1) is 12.1. The quantitative estimate of drug-likeness (QED) is 0.539. The Labute approximate surface area is 152 Å². The van der Waals surface area contributed by atoms with Gasteiger partial charge in [0.15, 0.2) is 0 Å². The lowest BCUT2D eigenvalue weighted by Crippen LogP contribution is -2.67. The number of piperidine rings is 2. The lowest BCUT2D eigenvalue weighted by molar-refractivity contribution is -0.137. The Morgan fingerprint density at radius 2 is 1.92 bits per heavy atom. The summed E-state index contributed by atoms with van der Waals surface area (Å²) in [7, 11) is 0. The van der Waals surface area contributed by atoms with E-state index in [9.17, 15) is 9.59 Å². The van der Waals surface area contributed by atoms with Crippen LogP contribution in [0.4, 0.5) is 5.69 Å². The first kappa shape index (κ1) is 15.7. The van der Waals surface area contributed by atoms with Crippen LogP contribution in [0.15, 0.2) is 18.2 Å². The number of hydrogen-bond donors (Lipinski definition) is 3. The minimum atomic E-state index is -0.275. The molecule has 4 unspecified atom stereocenters. The molecule has 0 aliphatic carbocycles. The van der Waals surface area contributed by atoms with E-state index in [2.05, 4.69) is 38.6 Å². The fraction of sp³-hybridized carbons (Fsp3) is 0.556. The number of anilines is 1. The van der Waals surface area contributed by atoms with Gasteiger partial charge in [-0.15, -0.1) is 0 Å². The van der Waals surface area contributed by atoms with E-state index in [0.29, 0.717) is 31.5 Å². The number of carbonyl (C=O) groups is 2. The molecular weight excluding hydrogens is 336 g/mol. The van der Waals surface area contributed by atoms with Crippen LogP contribution in [0.25, 0.3) is 0 Å². The second-order valence-electron chi connectivity index (χ2n) is 7.60. The van der Waals surface area contributed by atoms with Crippen molar-refractivity contribution in [1.82, 2.24) is 15.5 Å². The zero-order chi connectivity index (χ0) is 17.1. The molecule has 2 amide bonds. The van der Waals surface area contributed by atoms with Gasteiger partial charge in [0.25, 0.3) is 0 Å². The van der Waals surface area contributed by atoms with E-state index in [1.165, 1.54) is 23.2 Å². The molecule has 2 N–H and O–H groups in total. The number of thiol groups is 1. The van der Waals surface area contributed by atoms with Crippen LogP contribution in [0.1, 0.15) is 35.8 Å². The molecule has 0 radical (unpaired) electrons. The highest BCUT2D eigenvalue weighted by atomic mass is 32.1. The minimum Gasteiger partial charge on any atom is -0.368 e. The Balaban J connectivity index is 1.36. The molecule has 2 bridgehead atoms. The van der Waals surface area contributed by atoms with E-state index < -0.39 is 0 Å². The lowest BCUT2D eigenvalue weighted by Gasteiger charge is -2.49. The molecule has 6 nitrogen and oxygen atoms in total. The van der Waals surface area contributed by atoms with Gasteiger partial charge >= 0.3 is 0 Å². The maximum absolute atomic E-state index is 12.2. The second kappa shape index (κ2) is 5.72. The fourth-order valence-corrected chi connectivity index (χ4v) is 5.14. The maximum Gasteiger partial charge on any atom is 0.243 e. The van der Waals surface area contributed by atoms with E-state index in [1.807, 2.05) is 0 Å². The topological polar surface area (TPSA) is 64.7 Å². The summed E-state index contributed by atoms with van der Waals surface area (Å²) in [6.45, 7) is 2.84. The van der Waals surface area contributed by atoms with Crippen molar-refractivity contribution in [3.8, 4) is 0 Å². The molecule has 0 spiro atoms. The van der Waals surface area contributed by atoms with Gasteiger partial charge in [0, 0.05) is 43.8 Å². The first-order valence-electron chi connectivity index (χ1n) is 9.00. The van der Waals surface area contributed by atoms with Crippen molar-refractivity contribution in [2.24, 2.45) is 0 Å². The van der Waals surface area contributed by atoms with E-state index in [-0.39, 0.29) is 23.2 Å². The van der Waals surface area contributed by atoms with Gasteiger partial charge in [0.05, 0.1) is 11.4 Å². The summed E-state index contributed by atoms with van der Waals surface area (Å²) in [4.78, 5) is 28.2. The Hall–Kier alpha value is -1.57. The molecule has 1 aromatic rings. The van der Waals surface area contributed by atoms with Crippen molar-refractivity contribution in [1.29, 1.82) is 0 Å². The third-order valence-electron chi connectivity index (χ3n) is 5.97. The van der Waals surface area contributed by atoms with Crippen molar-refractivity contribution in [2.75, 3.05) is 18.0 Å². The number of carbonyl (C=O) groups excluding carboxylic acids is 2. The van der Waals surface area contributed by atoms with Crippen LogP contribution >= 0.6 is 12.6 Å². The molecule has 4 saturated heterocycles. The van der Waals surface area contributed by atoms with Gasteiger partial charge in [-0.3, -0.25) is 19.8 Å². The maximum atomic E-state index is 12.2. The molecule has 5 aliphatic heterocycles. The molecule has 6 rings (SSSR count). The number of nitrogens with one attached hydrogen (secondary N) is 2. The Kier molecular flexibility index (Phi) is 3.59. The van der Waals surface area contributed by atoms with Crippen molar-refractivity contribution < 1.29 is 9.59 Å². The summed E-state index contributed by atoms with van der Waals surface area (Å²) >= 11 is 4.76. The number of hydrogen-bond acceptors (Lipinski definition) is 6. The number of nitrogens with zero attached hydrogens (tertiary/aromatic N) is 2. The fourth-order valence-electron chi connectivity index (χ4n) is 4.64. The van der Waals surface area contributed by atoms with Crippen LogP contribution in [0.2, 0.25) is 0 Å². The predicted molar refractivity (Wildman–Crippen MR) is 97.4 cm³/mol. The summed E-state index contributed by atoms with van der Waals surface area (Å²) in [6, 6.07) is 7.58. The molecule has 5 aliphatic rings. The highest BCUT2D eigenvalue weighted by molar-refractivity contribution is 7.80. The molecule has 7 heteroatoms. The van der Waals surface area contributed by atoms with Crippen LogP contribution in [0, 0.1) is 0 Å². The normalized spacial score (nSPS) is 34.5. The van der Waals surface area contributed by atoms with Gasteiger partial charge in [-0.25, -0.2) is 0 Å². The predicted octanol–water partition coefficient (Wildman–Crippen LogP) is 0.786. The van der Waals surface area contributed by atoms with E-state index in [1.54, 1.807) is 0 Å². The van der Waals surface area contributed by atoms with Crippen molar-refractivity contribution in [3.05, 3.63) is 29.3 Å². The minimum absolute atomic E-state index is 0.0931. The van der Waals surface area contributed by atoms with Crippen LogP contribution < -0.4 is 15.5 Å². The second-order valence-corrected chi connectivity index (χ2v) is 8.09. The van der Waals surface area contributed by atoms with E-state index in [4.69, 9.17) is 12.6 Å². The number of piperazine rings is 1. The van der Waals surface area contributed by atoms with E-state index >= 15 is 0 Å². The molecule has 5 heterocycles. The number of amides is 2. The van der Waals surface area contributed by atoms with Crippen molar-refractivity contribution in [3.63, 3.8) is 0 Å². The number of rotatable bonds is 2. The molecule has 0 aromatic heterocycles. The Bertz CT molecular complexity index is 739. The monoisotopic (exact) mass is 358 g/mol. The van der Waals surface area contributed by atoms with Gasteiger partial charge < -0.3 is 10.2 Å². The number of benzene rings is 1. The molecule has 25 heavy (non-hydrogen) atoms. The van der Waals surface area contributed by atoms with Crippen LogP contribution in [0.3, 0.4) is 0 Å². The summed E-state index contributed by atoms with van der Waals surface area (Å²) in [5.41, 5.74) is 3.69. The zero-order valence-electron chi connectivity index (χ0n) is 13.9. The first-order valence-corrected chi connectivity index (χ1v) is 9.51. The highest BCUT2D eigenvalue weighted by Crippen LogP contribution is 2.41. The summed E-state index contributed by atoms with van der Waals surface area (Å²) < 4.78 is 0. The molecule has 4 fully saturated rings. The smallest absolute Gasteiger partial charge is 0.243 e. The molecule has 0 saturated carbocycles. The van der Waals surface area contributed by atoms with Crippen LogP contribution in [-0.4, -0.2) is 47.9 Å². The Morgan fingerprint density at radius 1 is 1.16 bits per heavy atom. The van der Waals surface area contributed by atoms with Gasteiger partial charge in [0.2, 0.25) is 11.8 Å². The average molecular weight is 358 g/mol. The third kappa shape index (κ3) is 2.56. The average Bonchev–Trinajstić information content (AvgIpc) is 2.90. The SMILES string of the molecule is O=C1CCC(N2Cc3cc(N4CC5CC(C4)N5)ccc3C2S)C(=O)N1.